The van der Waals surface area contributed by atoms with E-state index in [4.69, 9.17) is 16.3 Å². The molecule has 1 aliphatic rings. The molecular formula is C18H24ClN3O. The molecule has 1 aromatic heterocycles. The SMILES string of the molecule is Cn1ccnc1Cc1cccc(OCC(CCl)N2CCCC2)c1. The third kappa shape index (κ3) is 4.27. The largest absolute Gasteiger partial charge is 0.492 e. The fraction of sp³-hybridized carbons (Fsp3) is 0.500. The van der Waals surface area contributed by atoms with Gasteiger partial charge in [0.15, 0.2) is 0 Å². The number of alkyl halides is 1. The lowest BCUT2D eigenvalue weighted by atomic mass is 10.1. The summed E-state index contributed by atoms with van der Waals surface area (Å²) < 4.78 is 8.05. The zero-order valence-corrected chi connectivity index (χ0v) is 14.4. The molecule has 3 rings (SSSR count). The summed E-state index contributed by atoms with van der Waals surface area (Å²) in [5.74, 6) is 2.58. The van der Waals surface area contributed by atoms with E-state index in [0.717, 1.165) is 31.1 Å². The van der Waals surface area contributed by atoms with E-state index in [0.29, 0.717) is 18.5 Å². The van der Waals surface area contributed by atoms with Gasteiger partial charge in [-0.3, -0.25) is 4.90 Å². The number of benzene rings is 1. The highest BCUT2D eigenvalue weighted by Gasteiger charge is 2.21. The quantitative estimate of drug-likeness (QED) is 0.729. The number of hydrogen-bond donors (Lipinski definition) is 0. The van der Waals surface area contributed by atoms with Crippen LogP contribution in [0.5, 0.6) is 5.75 Å². The molecule has 5 heteroatoms. The Bertz CT molecular complexity index is 622. The number of rotatable bonds is 7. The van der Waals surface area contributed by atoms with Gasteiger partial charge in [0.2, 0.25) is 0 Å². The van der Waals surface area contributed by atoms with Crippen molar-refractivity contribution in [3.63, 3.8) is 0 Å². The molecule has 1 fully saturated rings. The fourth-order valence-corrected chi connectivity index (χ4v) is 3.33. The summed E-state index contributed by atoms with van der Waals surface area (Å²) in [5.41, 5.74) is 1.21. The summed E-state index contributed by atoms with van der Waals surface area (Å²) in [5, 5.41) is 0. The van der Waals surface area contributed by atoms with Crippen LogP contribution >= 0.6 is 11.6 Å². The molecule has 0 radical (unpaired) electrons. The number of imidazole rings is 1. The van der Waals surface area contributed by atoms with Gasteiger partial charge >= 0.3 is 0 Å². The van der Waals surface area contributed by atoms with Crippen LogP contribution in [0.4, 0.5) is 0 Å². The van der Waals surface area contributed by atoms with Gasteiger partial charge in [0.1, 0.15) is 18.2 Å². The van der Waals surface area contributed by atoms with Crippen LogP contribution in [0.1, 0.15) is 24.2 Å². The molecule has 2 aromatic rings. The monoisotopic (exact) mass is 333 g/mol. The van der Waals surface area contributed by atoms with E-state index in [1.54, 1.807) is 0 Å². The third-order valence-corrected chi connectivity index (χ3v) is 4.82. The maximum atomic E-state index is 6.12. The van der Waals surface area contributed by atoms with Gasteiger partial charge in [-0.1, -0.05) is 12.1 Å². The lowest BCUT2D eigenvalue weighted by Gasteiger charge is -2.25. The van der Waals surface area contributed by atoms with Gasteiger partial charge < -0.3 is 9.30 Å². The van der Waals surface area contributed by atoms with Gasteiger partial charge in [0.05, 0.1) is 6.04 Å². The number of halogens is 1. The number of hydrogen-bond acceptors (Lipinski definition) is 3. The Kier molecular flexibility index (Phi) is 5.57. The second kappa shape index (κ2) is 7.84. The first-order valence-corrected chi connectivity index (χ1v) is 8.77. The molecule has 1 aliphatic heterocycles. The summed E-state index contributed by atoms with van der Waals surface area (Å²) in [7, 11) is 2.02. The van der Waals surface area contributed by atoms with E-state index in [9.17, 15) is 0 Å². The van der Waals surface area contributed by atoms with Crippen molar-refractivity contribution in [2.45, 2.75) is 25.3 Å². The van der Waals surface area contributed by atoms with Crippen molar-refractivity contribution in [3.8, 4) is 5.75 Å². The lowest BCUT2D eigenvalue weighted by molar-refractivity contribution is 0.175. The predicted octanol–water partition coefficient (Wildman–Crippen LogP) is 3.09. The second-order valence-electron chi connectivity index (χ2n) is 6.14. The van der Waals surface area contributed by atoms with Gasteiger partial charge in [-0.15, -0.1) is 11.6 Å². The molecule has 0 saturated carbocycles. The van der Waals surface area contributed by atoms with Gasteiger partial charge in [0, 0.05) is 31.7 Å². The molecule has 1 aromatic carbocycles. The average Bonchev–Trinajstić information content (AvgIpc) is 3.22. The number of aromatic nitrogens is 2. The Balaban J connectivity index is 1.59. The average molecular weight is 334 g/mol. The van der Waals surface area contributed by atoms with E-state index in [1.807, 2.05) is 36.1 Å². The molecule has 23 heavy (non-hydrogen) atoms. The number of ether oxygens (including phenoxy) is 1. The maximum Gasteiger partial charge on any atom is 0.119 e. The topological polar surface area (TPSA) is 30.3 Å². The highest BCUT2D eigenvalue weighted by molar-refractivity contribution is 6.18. The Morgan fingerprint density at radius 1 is 1.30 bits per heavy atom. The Hall–Kier alpha value is -1.52. The smallest absolute Gasteiger partial charge is 0.119 e. The molecule has 0 bridgehead atoms. The molecule has 4 nitrogen and oxygen atoms in total. The van der Waals surface area contributed by atoms with Crippen molar-refractivity contribution in [2.75, 3.05) is 25.6 Å². The van der Waals surface area contributed by atoms with E-state index < -0.39 is 0 Å². The van der Waals surface area contributed by atoms with Crippen LogP contribution in [-0.2, 0) is 13.5 Å². The molecule has 1 unspecified atom stereocenters. The molecule has 0 N–H and O–H groups in total. The van der Waals surface area contributed by atoms with Crippen molar-refractivity contribution in [1.29, 1.82) is 0 Å². The first-order valence-electron chi connectivity index (χ1n) is 8.24. The van der Waals surface area contributed by atoms with Gasteiger partial charge in [-0.2, -0.15) is 0 Å². The van der Waals surface area contributed by atoms with Crippen LogP contribution < -0.4 is 4.74 Å². The van der Waals surface area contributed by atoms with Crippen LogP contribution in [0.2, 0.25) is 0 Å². The summed E-state index contributed by atoms with van der Waals surface area (Å²) in [6.45, 7) is 2.93. The van der Waals surface area contributed by atoms with Gasteiger partial charge in [-0.25, -0.2) is 4.98 Å². The highest BCUT2D eigenvalue weighted by Crippen LogP contribution is 2.18. The van der Waals surface area contributed by atoms with Crippen LogP contribution in [0.15, 0.2) is 36.7 Å². The van der Waals surface area contributed by atoms with Crippen LogP contribution in [-0.4, -0.2) is 46.1 Å². The number of aryl methyl sites for hydroxylation is 1. The normalized spacial score (nSPS) is 16.6. The van der Waals surface area contributed by atoms with Crippen molar-refractivity contribution in [1.82, 2.24) is 14.5 Å². The lowest BCUT2D eigenvalue weighted by Crippen LogP contribution is -2.38. The molecule has 0 aliphatic carbocycles. The van der Waals surface area contributed by atoms with E-state index >= 15 is 0 Å². The fourth-order valence-electron chi connectivity index (χ4n) is 3.04. The zero-order valence-electron chi connectivity index (χ0n) is 13.6. The summed E-state index contributed by atoms with van der Waals surface area (Å²) >= 11 is 6.12. The minimum atomic E-state index is 0.303. The number of likely N-dealkylation sites (tertiary alicyclic amines) is 1. The van der Waals surface area contributed by atoms with Crippen LogP contribution in [0.25, 0.3) is 0 Å². The zero-order chi connectivity index (χ0) is 16.1. The third-order valence-electron chi connectivity index (χ3n) is 4.46. The predicted molar refractivity (Wildman–Crippen MR) is 93.3 cm³/mol. The van der Waals surface area contributed by atoms with Crippen LogP contribution in [0.3, 0.4) is 0 Å². The van der Waals surface area contributed by atoms with E-state index in [2.05, 4.69) is 22.0 Å². The Morgan fingerprint density at radius 3 is 2.83 bits per heavy atom. The molecular weight excluding hydrogens is 310 g/mol. The van der Waals surface area contributed by atoms with E-state index in [-0.39, 0.29) is 0 Å². The minimum Gasteiger partial charge on any atom is -0.492 e. The molecule has 2 heterocycles. The molecule has 0 amide bonds. The number of nitrogens with zero attached hydrogens (tertiary/aromatic N) is 3. The Labute approximate surface area is 143 Å². The first kappa shape index (κ1) is 16.3. The Morgan fingerprint density at radius 2 is 2.13 bits per heavy atom. The molecule has 124 valence electrons. The first-order chi connectivity index (χ1) is 11.3. The van der Waals surface area contributed by atoms with Crippen molar-refractivity contribution in [2.24, 2.45) is 7.05 Å². The van der Waals surface area contributed by atoms with Crippen LogP contribution in [0, 0.1) is 0 Å². The van der Waals surface area contributed by atoms with Gasteiger partial charge in [-0.05, 0) is 43.6 Å². The second-order valence-corrected chi connectivity index (χ2v) is 6.45. The highest BCUT2D eigenvalue weighted by atomic mass is 35.5. The molecule has 1 saturated heterocycles. The van der Waals surface area contributed by atoms with Gasteiger partial charge in [0.25, 0.3) is 0 Å². The summed E-state index contributed by atoms with van der Waals surface area (Å²) in [6.07, 6.45) is 7.15. The van der Waals surface area contributed by atoms with E-state index in [1.165, 1.54) is 18.4 Å². The maximum absolute atomic E-state index is 6.12. The standard InChI is InChI=1S/C18H24ClN3O/c1-21-10-7-20-18(21)12-15-5-4-6-17(11-15)23-14-16(13-19)22-8-2-3-9-22/h4-7,10-11,16H,2-3,8-9,12-14H2,1H3. The van der Waals surface area contributed by atoms with Crippen molar-refractivity contribution >= 4 is 11.6 Å². The summed E-state index contributed by atoms with van der Waals surface area (Å²) in [6, 6.07) is 8.57. The van der Waals surface area contributed by atoms with Crippen molar-refractivity contribution < 1.29 is 4.74 Å². The minimum absolute atomic E-state index is 0.303. The summed E-state index contributed by atoms with van der Waals surface area (Å²) in [4.78, 5) is 6.81. The molecule has 0 spiro atoms. The van der Waals surface area contributed by atoms with Crippen molar-refractivity contribution in [3.05, 3.63) is 48.0 Å². The molecule has 1 atom stereocenters.